The van der Waals surface area contributed by atoms with Crippen molar-refractivity contribution >= 4 is 10.9 Å². The minimum absolute atomic E-state index is 0.0871. The Morgan fingerprint density at radius 2 is 1.74 bits per heavy atom. The van der Waals surface area contributed by atoms with Crippen molar-refractivity contribution in [1.29, 1.82) is 0 Å². The second kappa shape index (κ2) is 11.1. The van der Waals surface area contributed by atoms with Gasteiger partial charge in [-0.2, -0.15) is 0 Å². The summed E-state index contributed by atoms with van der Waals surface area (Å²) < 4.78 is 15.1. The van der Waals surface area contributed by atoms with Crippen molar-refractivity contribution in [2.45, 2.75) is 46.8 Å². The predicted octanol–water partition coefficient (Wildman–Crippen LogP) is 4.87. The maximum absolute atomic E-state index is 13.4. The molecule has 3 aromatic carbocycles. The molecule has 8 heteroatoms. The van der Waals surface area contributed by atoms with Gasteiger partial charge in [0.05, 0.1) is 18.6 Å². The molecule has 194 valence electrons. The Kier molecular flexibility index (Phi) is 7.42. The van der Waals surface area contributed by atoms with Gasteiger partial charge in [0.1, 0.15) is 5.82 Å². The number of aryl methyl sites for hydroxylation is 3. The summed E-state index contributed by atoms with van der Waals surface area (Å²) in [5, 5.41) is 13.4. The summed E-state index contributed by atoms with van der Waals surface area (Å²) in [5.74, 6) is 0.404. The van der Waals surface area contributed by atoms with Crippen molar-refractivity contribution in [1.82, 2.24) is 30.1 Å². The van der Waals surface area contributed by atoms with E-state index < -0.39 is 0 Å². The van der Waals surface area contributed by atoms with E-state index in [0.29, 0.717) is 31.0 Å². The molecule has 5 rings (SSSR count). The number of aromatic nitrogens is 5. The number of fused-ring (bicyclic) bond motifs is 1. The minimum atomic E-state index is -0.279. The normalized spacial score (nSPS) is 11.5. The van der Waals surface area contributed by atoms with E-state index in [1.807, 2.05) is 13.0 Å². The number of nitrogens with one attached hydrogen (secondary N) is 1. The lowest BCUT2D eigenvalue weighted by atomic mass is 10.0. The number of hydrogen-bond donors (Lipinski definition) is 1. The highest BCUT2D eigenvalue weighted by molar-refractivity contribution is 5.82. The van der Waals surface area contributed by atoms with Crippen LogP contribution in [0.25, 0.3) is 10.9 Å². The summed E-state index contributed by atoms with van der Waals surface area (Å²) in [5.41, 5.74) is 7.06. The highest BCUT2D eigenvalue weighted by Gasteiger charge is 2.16. The number of hydrogen-bond acceptors (Lipinski definition) is 5. The summed E-state index contributed by atoms with van der Waals surface area (Å²) in [6.07, 6.45) is 0.824. The lowest BCUT2D eigenvalue weighted by molar-refractivity contribution is 0.248. The fourth-order valence-electron chi connectivity index (χ4n) is 4.88. The fourth-order valence-corrected chi connectivity index (χ4v) is 4.88. The highest BCUT2D eigenvalue weighted by atomic mass is 19.1. The molecule has 0 amide bonds. The summed E-state index contributed by atoms with van der Waals surface area (Å²) in [6.45, 7) is 8.23. The number of benzene rings is 3. The topological polar surface area (TPSA) is 79.7 Å². The van der Waals surface area contributed by atoms with Crippen LogP contribution in [-0.4, -0.2) is 36.6 Å². The average molecular weight is 511 g/mol. The molecule has 0 aliphatic carbocycles. The van der Waals surface area contributed by atoms with Crippen LogP contribution in [0.5, 0.6) is 0 Å². The van der Waals surface area contributed by atoms with Crippen molar-refractivity contribution in [2.24, 2.45) is 0 Å². The van der Waals surface area contributed by atoms with Crippen molar-refractivity contribution < 1.29 is 4.39 Å². The summed E-state index contributed by atoms with van der Waals surface area (Å²) >= 11 is 0. The van der Waals surface area contributed by atoms with Crippen LogP contribution in [0.4, 0.5) is 4.39 Å². The number of nitrogens with zero attached hydrogens (tertiary/aromatic N) is 5. The lowest BCUT2D eigenvalue weighted by Gasteiger charge is -2.22. The number of rotatable bonds is 9. The summed E-state index contributed by atoms with van der Waals surface area (Å²) in [4.78, 5) is 18.4. The first-order valence-corrected chi connectivity index (χ1v) is 12.7. The number of halogens is 1. The SMILES string of the molecule is Cc1cccc(CCN(Cc2cc3cc(C)cc(C)c3[nH]c2=O)Cc2nnnn2Cc2ccc(F)cc2)c1. The minimum Gasteiger partial charge on any atom is -0.321 e. The van der Waals surface area contributed by atoms with E-state index in [1.54, 1.807) is 16.8 Å². The van der Waals surface area contributed by atoms with E-state index in [-0.39, 0.29) is 11.4 Å². The van der Waals surface area contributed by atoms with Crippen molar-refractivity contribution in [3.05, 3.63) is 122 Å². The summed E-state index contributed by atoms with van der Waals surface area (Å²) in [6, 6.07) is 21.0. The molecule has 0 atom stereocenters. The molecule has 38 heavy (non-hydrogen) atoms. The highest BCUT2D eigenvalue weighted by Crippen LogP contribution is 2.19. The predicted molar refractivity (Wildman–Crippen MR) is 146 cm³/mol. The Morgan fingerprint density at radius 1 is 0.921 bits per heavy atom. The molecule has 0 aliphatic heterocycles. The van der Waals surface area contributed by atoms with Crippen LogP contribution in [0, 0.1) is 26.6 Å². The third-order valence-electron chi connectivity index (χ3n) is 6.78. The van der Waals surface area contributed by atoms with Crippen LogP contribution in [0.15, 0.2) is 71.5 Å². The largest absolute Gasteiger partial charge is 0.321 e. The fraction of sp³-hybridized carbons (Fsp3) is 0.267. The Morgan fingerprint density at radius 3 is 2.53 bits per heavy atom. The molecule has 0 saturated heterocycles. The van der Waals surface area contributed by atoms with Crippen molar-refractivity contribution in [3.8, 4) is 0 Å². The lowest BCUT2D eigenvalue weighted by Crippen LogP contribution is -2.30. The molecule has 0 aliphatic rings. The standard InChI is InChI=1S/C30H31FN6O/c1-20-5-4-6-23(14-20)11-12-36(18-26-16-25-15-21(2)13-22(3)29(25)32-30(26)38)19-28-33-34-35-37(28)17-24-7-9-27(31)10-8-24/h4-10,13-16H,11-12,17-19H2,1-3H3,(H,32,38). The molecule has 0 saturated carbocycles. The quantitative estimate of drug-likeness (QED) is 0.306. The van der Waals surface area contributed by atoms with E-state index in [2.05, 4.69) is 75.7 Å². The average Bonchev–Trinajstić information content (AvgIpc) is 3.31. The van der Waals surface area contributed by atoms with Gasteiger partial charge in [-0.1, -0.05) is 53.6 Å². The van der Waals surface area contributed by atoms with E-state index in [9.17, 15) is 9.18 Å². The monoisotopic (exact) mass is 510 g/mol. The van der Waals surface area contributed by atoms with Gasteiger partial charge < -0.3 is 4.98 Å². The third kappa shape index (κ3) is 6.03. The second-order valence-electron chi connectivity index (χ2n) is 10.00. The van der Waals surface area contributed by atoms with Gasteiger partial charge in [-0.3, -0.25) is 9.69 Å². The van der Waals surface area contributed by atoms with Gasteiger partial charge in [0.25, 0.3) is 5.56 Å². The molecule has 1 N–H and O–H groups in total. The molecule has 2 heterocycles. The van der Waals surface area contributed by atoms with Crippen molar-refractivity contribution in [3.63, 3.8) is 0 Å². The Hall–Kier alpha value is -4.17. The van der Waals surface area contributed by atoms with Crippen LogP contribution in [0.2, 0.25) is 0 Å². The molecule has 5 aromatic rings. The number of tetrazole rings is 1. The molecule has 0 bridgehead atoms. The number of pyridine rings is 1. The molecule has 0 spiro atoms. The molecule has 7 nitrogen and oxygen atoms in total. The molecule has 0 unspecified atom stereocenters. The van der Waals surface area contributed by atoms with Gasteiger partial charge in [0, 0.05) is 18.7 Å². The summed E-state index contributed by atoms with van der Waals surface area (Å²) in [7, 11) is 0. The first-order chi connectivity index (χ1) is 18.3. The molecule has 0 radical (unpaired) electrons. The zero-order valence-corrected chi connectivity index (χ0v) is 21.9. The van der Waals surface area contributed by atoms with Crippen LogP contribution in [-0.2, 0) is 26.1 Å². The zero-order chi connectivity index (χ0) is 26.6. The van der Waals surface area contributed by atoms with Gasteiger partial charge >= 0.3 is 0 Å². The first kappa shape index (κ1) is 25.5. The smallest absolute Gasteiger partial charge is 0.252 e. The third-order valence-corrected chi connectivity index (χ3v) is 6.78. The zero-order valence-electron chi connectivity index (χ0n) is 21.9. The second-order valence-corrected chi connectivity index (χ2v) is 10.00. The maximum Gasteiger partial charge on any atom is 0.252 e. The maximum atomic E-state index is 13.4. The molecule has 0 fully saturated rings. The molecular formula is C30H31FN6O. The van der Waals surface area contributed by atoms with Gasteiger partial charge in [0.15, 0.2) is 5.82 Å². The Balaban J connectivity index is 1.42. The molecule has 2 aromatic heterocycles. The van der Waals surface area contributed by atoms with E-state index in [1.165, 1.54) is 23.3 Å². The van der Waals surface area contributed by atoms with E-state index in [0.717, 1.165) is 40.6 Å². The van der Waals surface area contributed by atoms with Gasteiger partial charge in [-0.25, -0.2) is 9.07 Å². The van der Waals surface area contributed by atoms with E-state index >= 15 is 0 Å². The van der Waals surface area contributed by atoms with Gasteiger partial charge in [-0.15, -0.1) is 5.10 Å². The molecular weight excluding hydrogens is 479 g/mol. The Bertz CT molecular complexity index is 1620. The van der Waals surface area contributed by atoms with Crippen LogP contribution < -0.4 is 5.56 Å². The number of H-pyrrole nitrogens is 1. The van der Waals surface area contributed by atoms with Crippen LogP contribution in [0.1, 0.15) is 39.2 Å². The van der Waals surface area contributed by atoms with Crippen LogP contribution in [0.3, 0.4) is 0 Å². The first-order valence-electron chi connectivity index (χ1n) is 12.7. The van der Waals surface area contributed by atoms with Crippen molar-refractivity contribution in [2.75, 3.05) is 6.54 Å². The van der Waals surface area contributed by atoms with Crippen LogP contribution >= 0.6 is 0 Å². The van der Waals surface area contributed by atoms with E-state index in [4.69, 9.17) is 0 Å². The van der Waals surface area contributed by atoms with Gasteiger partial charge in [0.2, 0.25) is 0 Å². The number of aromatic amines is 1. The Labute approximate surface area is 220 Å². The van der Waals surface area contributed by atoms with Gasteiger partial charge in [-0.05, 0) is 84.0 Å².